The molecule has 0 amide bonds. The van der Waals surface area contributed by atoms with Crippen molar-refractivity contribution in [3.8, 4) is 0 Å². The molecule has 0 radical (unpaired) electrons. The standard InChI is InChI=1S/C10H9BrClN3S/c1-15(10-14-13-9(11)16-10)6-7-3-2-4-8(12)5-7/h2-5H,6H2,1H3. The van der Waals surface area contributed by atoms with Crippen molar-refractivity contribution in [3.05, 3.63) is 38.8 Å². The fourth-order valence-electron chi connectivity index (χ4n) is 1.33. The van der Waals surface area contributed by atoms with Crippen molar-refractivity contribution in [2.24, 2.45) is 0 Å². The molecule has 1 aromatic heterocycles. The minimum atomic E-state index is 0.754. The maximum atomic E-state index is 5.93. The molecule has 0 aliphatic carbocycles. The second-order valence-corrected chi connectivity index (χ2v) is 5.99. The predicted octanol–water partition coefficient (Wildman–Crippen LogP) is 3.59. The van der Waals surface area contributed by atoms with Gasteiger partial charge in [-0.2, -0.15) is 0 Å². The molecule has 6 heteroatoms. The van der Waals surface area contributed by atoms with Gasteiger partial charge in [0.25, 0.3) is 0 Å². The third-order valence-corrected chi connectivity index (χ3v) is 3.73. The van der Waals surface area contributed by atoms with E-state index >= 15 is 0 Å². The Bertz CT molecular complexity index is 488. The van der Waals surface area contributed by atoms with Crippen LogP contribution in [0.3, 0.4) is 0 Å². The molecule has 2 aromatic rings. The van der Waals surface area contributed by atoms with Crippen molar-refractivity contribution >= 4 is 44.0 Å². The fourth-order valence-corrected chi connectivity index (χ4v) is 2.59. The van der Waals surface area contributed by atoms with Gasteiger partial charge in [-0.15, -0.1) is 10.2 Å². The zero-order valence-corrected chi connectivity index (χ0v) is 11.7. The van der Waals surface area contributed by atoms with Crippen LogP contribution in [-0.4, -0.2) is 17.2 Å². The average molecular weight is 319 g/mol. The summed E-state index contributed by atoms with van der Waals surface area (Å²) < 4.78 is 0.792. The largest absolute Gasteiger partial charge is 0.345 e. The summed E-state index contributed by atoms with van der Waals surface area (Å²) in [5.74, 6) is 0. The van der Waals surface area contributed by atoms with E-state index in [2.05, 4.69) is 26.1 Å². The topological polar surface area (TPSA) is 29.0 Å². The predicted molar refractivity (Wildman–Crippen MR) is 71.2 cm³/mol. The van der Waals surface area contributed by atoms with Crippen molar-refractivity contribution in [2.75, 3.05) is 11.9 Å². The van der Waals surface area contributed by atoms with E-state index in [0.29, 0.717) is 0 Å². The summed E-state index contributed by atoms with van der Waals surface area (Å²) >= 11 is 10.7. The molecule has 0 aliphatic heterocycles. The fraction of sp³-hybridized carbons (Fsp3) is 0.200. The highest BCUT2D eigenvalue weighted by Crippen LogP contribution is 2.24. The highest BCUT2D eigenvalue weighted by molar-refractivity contribution is 9.11. The van der Waals surface area contributed by atoms with Gasteiger partial charge >= 0.3 is 0 Å². The molecule has 0 unspecified atom stereocenters. The lowest BCUT2D eigenvalue weighted by Gasteiger charge is -2.14. The van der Waals surface area contributed by atoms with Crippen molar-refractivity contribution in [3.63, 3.8) is 0 Å². The van der Waals surface area contributed by atoms with E-state index < -0.39 is 0 Å². The van der Waals surface area contributed by atoms with Crippen LogP contribution in [0.1, 0.15) is 5.56 Å². The van der Waals surface area contributed by atoms with Gasteiger partial charge in [0.2, 0.25) is 5.13 Å². The Hall–Kier alpha value is -0.650. The third-order valence-electron chi connectivity index (χ3n) is 2.02. The van der Waals surface area contributed by atoms with Crippen LogP contribution in [0.4, 0.5) is 5.13 Å². The van der Waals surface area contributed by atoms with E-state index in [0.717, 1.165) is 26.2 Å². The van der Waals surface area contributed by atoms with Crippen LogP contribution in [0.5, 0.6) is 0 Å². The van der Waals surface area contributed by atoms with Crippen LogP contribution < -0.4 is 4.90 Å². The van der Waals surface area contributed by atoms with E-state index in [4.69, 9.17) is 11.6 Å². The molecular formula is C10H9BrClN3S. The summed E-state index contributed by atoms with van der Waals surface area (Å²) in [4.78, 5) is 2.04. The van der Waals surface area contributed by atoms with Gasteiger partial charge in [-0.05, 0) is 33.6 Å². The molecule has 1 aromatic carbocycles. The van der Waals surface area contributed by atoms with Crippen molar-refractivity contribution in [1.29, 1.82) is 0 Å². The SMILES string of the molecule is CN(Cc1cccc(Cl)c1)c1nnc(Br)s1. The van der Waals surface area contributed by atoms with Crippen LogP contribution in [0.15, 0.2) is 28.2 Å². The molecule has 0 fully saturated rings. The van der Waals surface area contributed by atoms with Crippen LogP contribution in [0.2, 0.25) is 5.02 Å². The van der Waals surface area contributed by atoms with Crippen LogP contribution in [0.25, 0.3) is 0 Å². The number of rotatable bonds is 3. The summed E-state index contributed by atoms with van der Waals surface area (Å²) in [6, 6.07) is 7.81. The molecule has 84 valence electrons. The summed E-state index contributed by atoms with van der Waals surface area (Å²) in [6.07, 6.45) is 0. The smallest absolute Gasteiger partial charge is 0.209 e. The first-order valence-corrected chi connectivity index (χ1v) is 6.58. The molecule has 0 aliphatic rings. The van der Waals surface area contributed by atoms with E-state index in [1.165, 1.54) is 11.3 Å². The molecular weight excluding hydrogens is 310 g/mol. The van der Waals surface area contributed by atoms with Gasteiger partial charge in [-0.1, -0.05) is 35.1 Å². The Morgan fingerprint density at radius 1 is 1.44 bits per heavy atom. The summed E-state index contributed by atoms with van der Waals surface area (Å²) in [6.45, 7) is 0.766. The quantitative estimate of drug-likeness (QED) is 0.866. The third kappa shape index (κ3) is 2.93. The molecule has 0 N–H and O–H groups in total. The molecule has 2 rings (SSSR count). The van der Waals surface area contributed by atoms with Crippen molar-refractivity contribution < 1.29 is 0 Å². The number of hydrogen-bond donors (Lipinski definition) is 0. The van der Waals surface area contributed by atoms with Gasteiger partial charge in [0.15, 0.2) is 3.92 Å². The van der Waals surface area contributed by atoms with Crippen LogP contribution in [0, 0.1) is 0 Å². The number of benzene rings is 1. The Balaban J connectivity index is 2.10. The normalized spacial score (nSPS) is 10.4. The Morgan fingerprint density at radius 2 is 2.25 bits per heavy atom. The highest BCUT2D eigenvalue weighted by Gasteiger charge is 2.07. The van der Waals surface area contributed by atoms with Gasteiger partial charge in [-0.3, -0.25) is 0 Å². The summed E-state index contributed by atoms with van der Waals surface area (Å²) in [5.41, 5.74) is 1.15. The van der Waals surface area contributed by atoms with Crippen LogP contribution in [-0.2, 0) is 6.54 Å². The molecule has 0 saturated carbocycles. The second-order valence-electron chi connectivity index (χ2n) is 3.32. The van der Waals surface area contributed by atoms with E-state index in [9.17, 15) is 0 Å². The van der Waals surface area contributed by atoms with E-state index in [1.807, 2.05) is 36.2 Å². The number of anilines is 1. The minimum absolute atomic E-state index is 0.754. The minimum Gasteiger partial charge on any atom is -0.345 e. The van der Waals surface area contributed by atoms with Crippen LogP contribution >= 0.6 is 38.9 Å². The van der Waals surface area contributed by atoms with E-state index in [-0.39, 0.29) is 0 Å². The van der Waals surface area contributed by atoms with Crippen molar-refractivity contribution in [1.82, 2.24) is 10.2 Å². The first-order valence-electron chi connectivity index (χ1n) is 4.60. The number of aromatic nitrogens is 2. The van der Waals surface area contributed by atoms with Gasteiger partial charge in [-0.25, -0.2) is 0 Å². The lowest BCUT2D eigenvalue weighted by molar-refractivity contribution is 0.892. The molecule has 1 heterocycles. The Labute approximate surface area is 111 Å². The van der Waals surface area contributed by atoms with Gasteiger partial charge in [0, 0.05) is 18.6 Å². The van der Waals surface area contributed by atoms with Gasteiger partial charge in [0.1, 0.15) is 0 Å². The molecule has 0 spiro atoms. The summed E-state index contributed by atoms with van der Waals surface area (Å²) in [5, 5.41) is 9.60. The lowest BCUT2D eigenvalue weighted by atomic mass is 10.2. The zero-order chi connectivity index (χ0) is 11.5. The monoisotopic (exact) mass is 317 g/mol. The number of nitrogens with zero attached hydrogens (tertiary/aromatic N) is 3. The maximum Gasteiger partial charge on any atom is 0.209 e. The van der Waals surface area contributed by atoms with Gasteiger partial charge in [0.05, 0.1) is 0 Å². The average Bonchev–Trinajstić information content (AvgIpc) is 2.65. The zero-order valence-electron chi connectivity index (χ0n) is 8.52. The highest BCUT2D eigenvalue weighted by atomic mass is 79.9. The van der Waals surface area contributed by atoms with E-state index in [1.54, 1.807) is 0 Å². The first kappa shape index (κ1) is 11.8. The second kappa shape index (κ2) is 5.12. The summed E-state index contributed by atoms with van der Waals surface area (Å²) in [7, 11) is 1.98. The Morgan fingerprint density at radius 3 is 2.88 bits per heavy atom. The first-order chi connectivity index (χ1) is 7.65. The van der Waals surface area contributed by atoms with Gasteiger partial charge < -0.3 is 4.90 Å². The molecule has 3 nitrogen and oxygen atoms in total. The molecule has 16 heavy (non-hydrogen) atoms. The lowest BCUT2D eigenvalue weighted by Crippen LogP contribution is -2.15. The molecule has 0 bridgehead atoms. The number of hydrogen-bond acceptors (Lipinski definition) is 4. The molecule has 0 saturated heterocycles. The Kier molecular flexibility index (Phi) is 3.78. The number of halogens is 2. The molecule has 0 atom stereocenters. The van der Waals surface area contributed by atoms with Crippen molar-refractivity contribution in [2.45, 2.75) is 6.54 Å². The maximum absolute atomic E-state index is 5.93.